The van der Waals surface area contributed by atoms with Crippen molar-refractivity contribution < 1.29 is 13.2 Å². The smallest absolute Gasteiger partial charge is 0.223 e. The van der Waals surface area contributed by atoms with E-state index < -0.39 is 9.84 Å². The first-order chi connectivity index (χ1) is 7.57. The van der Waals surface area contributed by atoms with Gasteiger partial charge in [-0.15, -0.1) is 0 Å². The first-order valence-corrected chi connectivity index (χ1v) is 7.50. The molecular weight excluding hydrogens is 226 g/mol. The standard InChI is InChI=1S/C11H17NO3S/c13-11(9-4-2-1-3-5-9)12-10-6-7-16(14,15)8-10/h6-7,9-10H,1-5,8H2,(H,12,13). The molecule has 2 rings (SSSR count). The van der Waals surface area contributed by atoms with E-state index in [9.17, 15) is 13.2 Å². The van der Waals surface area contributed by atoms with Crippen molar-refractivity contribution in [1.82, 2.24) is 5.32 Å². The van der Waals surface area contributed by atoms with Crippen molar-refractivity contribution in [1.29, 1.82) is 0 Å². The number of amides is 1. The van der Waals surface area contributed by atoms with Crippen LogP contribution in [0, 0.1) is 5.92 Å². The monoisotopic (exact) mass is 243 g/mol. The molecule has 1 saturated carbocycles. The number of nitrogens with one attached hydrogen (secondary N) is 1. The summed E-state index contributed by atoms with van der Waals surface area (Å²) in [6.45, 7) is 0. The molecule has 5 heteroatoms. The fourth-order valence-corrected chi connectivity index (χ4v) is 3.57. The Bertz CT molecular complexity index is 393. The molecule has 0 aromatic carbocycles. The zero-order valence-electron chi connectivity index (χ0n) is 9.19. The van der Waals surface area contributed by atoms with Crippen LogP contribution in [0.2, 0.25) is 0 Å². The van der Waals surface area contributed by atoms with Crippen LogP contribution in [0.3, 0.4) is 0 Å². The first kappa shape index (κ1) is 11.6. The van der Waals surface area contributed by atoms with Crippen LogP contribution in [0.5, 0.6) is 0 Å². The summed E-state index contributed by atoms with van der Waals surface area (Å²) in [5, 5.41) is 3.99. The quantitative estimate of drug-likeness (QED) is 0.786. The highest BCUT2D eigenvalue weighted by Crippen LogP contribution is 2.24. The summed E-state index contributed by atoms with van der Waals surface area (Å²) in [7, 11) is -3.07. The molecule has 1 atom stereocenters. The minimum atomic E-state index is -3.07. The van der Waals surface area contributed by atoms with Gasteiger partial charge in [-0.05, 0) is 18.9 Å². The molecule has 4 nitrogen and oxygen atoms in total. The third-order valence-corrected chi connectivity index (χ3v) is 4.63. The van der Waals surface area contributed by atoms with Crippen LogP contribution in [0.4, 0.5) is 0 Å². The SMILES string of the molecule is O=C(NC1C=CS(=O)(=O)C1)C1CCCCC1. The molecule has 1 aliphatic carbocycles. The lowest BCUT2D eigenvalue weighted by atomic mass is 9.88. The molecule has 16 heavy (non-hydrogen) atoms. The molecule has 0 bridgehead atoms. The van der Waals surface area contributed by atoms with Crippen molar-refractivity contribution >= 4 is 15.7 Å². The Morgan fingerprint density at radius 2 is 1.88 bits per heavy atom. The zero-order chi connectivity index (χ0) is 11.6. The van der Waals surface area contributed by atoms with E-state index in [0.29, 0.717) is 0 Å². The Labute approximate surface area is 96.0 Å². The van der Waals surface area contributed by atoms with Crippen molar-refractivity contribution in [2.45, 2.75) is 38.1 Å². The second kappa shape index (κ2) is 4.57. The van der Waals surface area contributed by atoms with Gasteiger partial charge in [0, 0.05) is 11.3 Å². The highest BCUT2D eigenvalue weighted by atomic mass is 32.2. The van der Waals surface area contributed by atoms with Crippen molar-refractivity contribution in [3.8, 4) is 0 Å². The summed E-state index contributed by atoms with van der Waals surface area (Å²) in [6, 6.07) is -0.320. The van der Waals surface area contributed by atoms with Gasteiger partial charge in [0.25, 0.3) is 0 Å². The average Bonchev–Trinajstić information content (AvgIpc) is 2.59. The van der Waals surface area contributed by atoms with Gasteiger partial charge in [0.05, 0.1) is 11.8 Å². The molecule has 2 aliphatic rings. The van der Waals surface area contributed by atoms with Crippen LogP contribution >= 0.6 is 0 Å². The van der Waals surface area contributed by atoms with Gasteiger partial charge in [0.2, 0.25) is 5.91 Å². The van der Waals surface area contributed by atoms with E-state index in [1.54, 1.807) is 6.08 Å². The van der Waals surface area contributed by atoms with E-state index in [1.165, 1.54) is 11.8 Å². The van der Waals surface area contributed by atoms with Crippen molar-refractivity contribution in [2.75, 3.05) is 5.75 Å². The fourth-order valence-electron chi connectivity index (χ4n) is 2.33. The van der Waals surface area contributed by atoms with Gasteiger partial charge >= 0.3 is 0 Å². The summed E-state index contributed by atoms with van der Waals surface area (Å²) in [5.41, 5.74) is 0. The van der Waals surface area contributed by atoms with Crippen LogP contribution in [-0.4, -0.2) is 26.1 Å². The number of carbonyl (C=O) groups excluding carboxylic acids is 1. The van der Waals surface area contributed by atoms with Crippen molar-refractivity contribution in [3.63, 3.8) is 0 Å². The van der Waals surface area contributed by atoms with Gasteiger partial charge in [-0.3, -0.25) is 4.79 Å². The summed E-state index contributed by atoms with van der Waals surface area (Å²) in [4.78, 5) is 11.8. The maximum Gasteiger partial charge on any atom is 0.223 e. The number of hydrogen-bond acceptors (Lipinski definition) is 3. The predicted octanol–water partition coefficient (Wildman–Crippen LogP) is 0.994. The highest BCUT2D eigenvalue weighted by Gasteiger charge is 2.27. The molecule has 1 heterocycles. The number of sulfone groups is 1. The molecule has 90 valence electrons. The summed E-state index contributed by atoms with van der Waals surface area (Å²) >= 11 is 0. The molecule has 0 aromatic rings. The Kier molecular flexibility index (Phi) is 3.33. The van der Waals surface area contributed by atoms with Crippen molar-refractivity contribution in [3.05, 3.63) is 11.5 Å². The van der Waals surface area contributed by atoms with Crippen LogP contribution in [0.1, 0.15) is 32.1 Å². The lowest BCUT2D eigenvalue weighted by molar-refractivity contribution is -0.126. The molecule has 0 spiro atoms. The third-order valence-electron chi connectivity index (χ3n) is 3.23. The lowest BCUT2D eigenvalue weighted by Crippen LogP contribution is -2.40. The highest BCUT2D eigenvalue weighted by molar-refractivity contribution is 7.94. The molecule has 1 amide bonds. The molecule has 1 fully saturated rings. The van der Waals surface area contributed by atoms with E-state index >= 15 is 0 Å². The maximum atomic E-state index is 11.8. The fraction of sp³-hybridized carbons (Fsp3) is 0.727. The number of rotatable bonds is 2. The van der Waals surface area contributed by atoms with Gasteiger partial charge in [-0.25, -0.2) is 8.42 Å². The Balaban J connectivity index is 1.86. The van der Waals surface area contributed by atoms with Crippen LogP contribution in [0.25, 0.3) is 0 Å². The molecule has 0 saturated heterocycles. The van der Waals surface area contributed by atoms with Gasteiger partial charge in [-0.2, -0.15) is 0 Å². The van der Waals surface area contributed by atoms with Crippen LogP contribution < -0.4 is 5.32 Å². The van der Waals surface area contributed by atoms with Crippen LogP contribution in [0.15, 0.2) is 11.5 Å². The molecular formula is C11H17NO3S. The average molecular weight is 243 g/mol. The molecule has 0 radical (unpaired) electrons. The topological polar surface area (TPSA) is 63.2 Å². The second-order valence-corrected chi connectivity index (χ2v) is 6.54. The Hall–Kier alpha value is -0.840. The molecule has 1 aliphatic heterocycles. The minimum absolute atomic E-state index is 0.0193. The van der Waals surface area contributed by atoms with E-state index in [2.05, 4.69) is 5.32 Å². The van der Waals surface area contributed by atoms with Crippen LogP contribution in [-0.2, 0) is 14.6 Å². The summed E-state index contributed by atoms with van der Waals surface area (Å²) < 4.78 is 22.3. The largest absolute Gasteiger partial charge is 0.349 e. The third kappa shape index (κ3) is 2.84. The molecule has 0 aromatic heterocycles. The molecule has 1 unspecified atom stereocenters. The number of hydrogen-bond donors (Lipinski definition) is 1. The lowest BCUT2D eigenvalue weighted by Gasteiger charge is -2.22. The van der Waals surface area contributed by atoms with E-state index in [0.717, 1.165) is 25.7 Å². The summed E-state index contributed by atoms with van der Waals surface area (Å²) in [5.74, 6) is 0.128. The Morgan fingerprint density at radius 1 is 1.19 bits per heavy atom. The van der Waals surface area contributed by atoms with E-state index in [4.69, 9.17) is 0 Å². The molecule has 1 N–H and O–H groups in total. The normalized spacial score (nSPS) is 29.1. The first-order valence-electron chi connectivity index (χ1n) is 5.78. The Morgan fingerprint density at radius 3 is 2.44 bits per heavy atom. The van der Waals surface area contributed by atoms with Gasteiger partial charge < -0.3 is 5.32 Å². The van der Waals surface area contributed by atoms with Gasteiger partial charge in [0.1, 0.15) is 0 Å². The predicted molar refractivity (Wildman–Crippen MR) is 61.4 cm³/mol. The second-order valence-electron chi connectivity index (χ2n) is 4.61. The number of carbonyl (C=O) groups is 1. The summed E-state index contributed by atoms with van der Waals surface area (Å²) in [6.07, 6.45) is 6.87. The van der Waals surface area contributed by atoms with Gasteiger partial charge in [0.15, 0.2) is 9.84 Å². The maximum absolute atomic E-state index is 11.8. The minimum Gasteiger partial charge on any atom is -0.349 e. The van der Waals surface area contributed by atoms with E-state index in [-0.39, 0.29) is 23.6 Å². The van der Waals surface area contributed by atoms with E-state index in [1.807, 2.05) is 0 Å². The van der Waals surface area contributed by atoms with Crippen molar-refractivity contribution in [2.24, 2.45) is 5.92 Å². The van der Waals surface area contributed by atoms with Gasteiger partial charge in [-0.1, -0.05) is 19.3 Å². The zero-order valence-corrected chi connectivity index (χ0v) is 10.0.